The van der Waals surface area contributed by atoms with E-state index in [0.29, 0.717) is 19.6 Å². The largest absolute Gasteiger partial charge is 0.338 e. The Bertz CT molecular complexity index is 801. The summed E-state index contributed by atoms with van der Waals surface area (Å²) in [6.07, 6.45) is 0.289. The van der Waals surface area contributed by atoms with E-state index >= 15 is 0 Å². The van der Waals surface area contributed by atoms with Crippen molar-refractivity contribution in [2.24, 2.45) is 5.92 Å². The Morgan fingerprint density at radius 3 is 2.58 bits per heavy atom. The smallest absolute Gasteiger partial charge is 0.228 e. The zero-order valence-electron chi connectivity index (χ0n) is 15.7. The molecule has 1 aliphatic heterocycles. The Morgan fingerprint density at radius 2 is 1.88 bits per heavy atom. The number of aryl methyl sites for hydroxylation is 2. The second-order valence-corrected chi connectivity index (χ2v) is 7.03. The summed E-state index contributed by atoms with van der Waals surface area (Å²) < 4.78 is 0. The molecule has 0 aromatic heterocycles. The summed E-state index contributed by atoms with van der Waals surface area (Å²) in [4.78, 5) is 29.2. The van der Waals surface area contributed by atoms with Crippen molar-refractivity contribution in [3.05, 3.63) is 65.2 Å². The first-order valence-corrected chi connectivity index (χ1v) is 9.20. The van der Waals surface area contributed by atoms with Crippen molar-refractivity contribution in [1.82, 2.24) is 4.90 Å². The van der Waals surface area contributed by atoms with Gasteiger partial charge in [-0.15, -0.1) is 0 Å². The molecule has 1 aliphatic rings. The van der Waals surface area contributed by atoms with E-state index in [1.54, 1.807) is 4.90 Å². The predicted octanol–water partition coefficient (Wildman–Crippen LogP) is 3.71. The minimum Gasteiger partial charge on any atom is -0.338 e. The number of carbonyl (C=O) groups excluding carboxylic acids is 2. The van der Waals surface area contributed by atoms with Gasteiger partial charge < -0.3 is 9.80 Å². The molecule has 0 bridgehead atoms. The number of amides is 2. The minimum absolute atomic E-state index is 0.0350. The molecule has 1 saturated heterocycles. The minimum atomic E-state index is -0.272. The highest BCUT2D eigenvalue weighted by molar-refractivity contribution is 6.00. The normalized spacial score (nSPS) is 16.8. The Morgan fingerprint density at radius 1 is 1.15 bits per heavy atom. The number of anilines is 1. The van der Waals surface area contributed by atoms with Gasteiger partial charge in [0.1, 0.15) is 0 Å². The highest BCUT2D eigenvalue weighted by atomic mass is 16.2. The van der Waals surface area contributed by atoms with Gasteiger partial charge in [0.05, 0.1) is 5.92 Å². The lowest BCUT2D eigenvalue weighted by molar-refractivity contribution is -0.136. The number of hydrogen-bond acceptors (Lipinski definition) is 2. The fourth-order valence-corrected chi connectivity index (χ4v) is 3.52. The molecule has 1 fully saturated rings. The van der Waals surface area contributed by atoms with Gasteiger partial charge in [-0.3, -0.25) is 9.59 Å². The van der Waals surface area contributed by atoms with Crippen molar-refractivity contribution in [2.75, 3.05) is 18.0 Å². The summed E-state index contributed by atoms with van der Waals surface area (Å²) in [5.74, 6) is -0.170. The molecule has 0 saturated carbocycles. The molecule has 136 valence electrons. The molecule has 2 aromatic carbocycles. The van der Waals surface area contributed by atoms with E-state index in [0.717, 1.165) is 22.4 Å². The van der Waals surface area contributed by atoms with Crippen LogP contribution >= 0.6 is 0 Å². The van der Waals surface area contributed by atoms with E-state index in [4.69, 9.17) is 0 Å². The van der Waals surface area contributed by atoms with E-state index in [1.165, 1.54) is 0 Å². The zero-order valence-corrected chi connectivity index (χ0v) is 15.7. The van der Waals surface area contributed by atoms with Crippen LogP contribution in [0.2, 0.25) is 0 Å². The second kappa shape index (κ2) is 7.73. The molecule has 1 unspecified atom stereocenters. The number of carbonyl (C=O) groups is 2. The van der Waals surface area contributed by atoms with Crippen molar-refractivity contribution in [1.29, 1.82) is 0 Å². The molecule has 26 heavy (non-hydrogen) atoms. The number of benzene rings is 2. The van der Waals surface area contributed by atoms with Crippen LogP contribution < -0.4 is 4.90 Å². The first-order chi connectivity index (χ1) is 12.5. The van der Waals surface area contributed by atoms with Crippen LogP contribution in [0.1, 0.15) is 30.0 Å². The average Bonchev–Trinajstić information content (AvgIpc) is 3.03. The maximum atomic E-state index is 13.0. The second-order valence-electron chi connectivity index (χ2n) is 7.03. The van der Waals surface area contributed by atoms with Crippen LogP contribution in [-0.4, -0.2) is 29.8 Å². The van der Waals surface area contributed by atoms with Crippen LogP contribution in [-0.2, 0) is 16.1 Å². The standard InChI is InChI=1S/C22H26N2O2/c1-4-23(14-18-8-6-5-7-9-18)22(26)19-13-21(25)24(15-19)20-12-16(2)10-11-17(20)3/h5-12,19H,4,13-15H2,1-3H3. The van der Waals surface area contributed by atoms with Gasteiger partial charge in [-0.25, -0.2) is 0 Å². The Labute approximate surface area is 155 Å². The van der Waals surface area contributed by atoms with E-state index < -0.39 is 0 Å². The summed E-state index contributed by atoms with van der Waals surface area (Å²) in [6, 6.07) is 16.1. The fraction of sp³-hybridized carbons (Fsp3) is 0.364. The van der Waals surface area contributed by atoms with Crippen LogP contribution in [0.4, 0.5) is 5.69 Å². The predicted molar refractivity (Wildman–Crippen MR) is 104 cm³/mol. The number of hydrogen-bond donors (Lipinski definition) is 0. The molecule has 4 nitrogen and oxygen atoms in total. The van der Waals surface area contributed by atoms with E-state index in [9.17, 15) is 9.59 Å². The molecule has 3 rings (SSSR count). The SMILES string of the molecule is CCN(Cc1ccccc1)C(=O)C1CC(=O)N(c2cc(C)ccc2C)C1. The van der Waals surface area contributed by atoms with E-state index in [-0.39, 0.29) is 24.2 Å². The highest BCUT2D eigenvalue weighted by Gasteiger charge is 2.37. The highest BCUT2D eigenvalue weighted by Crippen LogP contribution is 2.29. The van der Waals surface area contributed by atoms with Crippen molar-refractivity contribution >= 4 is 17.5 Å². The molecule has 1 atom stereocenters. The summed E-state index contributed by atoms with van der Waals surface area (Å²) in [6.45, 7) is 7.70. The van der Waals surface area contributed by atoms with Gasteiger partial charge in [0.25, 0.3) is 0 Å². The van der Waals surface area contributed by atoms with E-state index in [1.807, 2.05) is 74.2 Å². The molecule has 0 N–H and O–H groups in total. The maximum Gasteiger partial charge on any atom is 0.228 e. The number of nitrogens with zero attached hydrogens (tertiary/aromatic N) is 2. The Kier molecular flexibility index (Phi) is 5.40. The topological polar surface area (TPSA) is 40.6 Å². The van der Waals surface area contributed by atoms with Crippen LogP contribution in [0.3, 0.4) is 0 Å². The maximum absolute atomic E-state index is 13.0. The summed E-state index contributed by atoms with van der Waals surface area (Å²) in [5, 5.41) is 0. The quantitative estimate of drug-likeness (QED) is 0.825. The summed E-state index contributed by atoms with van der Waals surface area (Å²) >= 11 is 0. The molecular weight excluding hydrogens is 324 g/mol. The molecule has 2 amide bonds. The zero-order chi connectivity index (χ0) is 18.7. The lowest BCUT2D eigenvalue weighted by Gasteiger charge is -2.25. The van der Waals surface area contributed by atoms with Gasteiger partial charge in [-0.05, 0) is 43.5 Å². The first kappa shape index (κ1) is 18.2. The molecule has 2 aromatic rings. The third-order valence-corrected chi connectivity index (χ3v) is 5.04. The lowest BCUT2D eigenvalue weighted by Crippen LogP contribution is -2.37. The molecule has 1 heterocycles. The van der Waals surface area contributed by atoms with Crippen LogP contribution in [0.25, 0.3) is 0 Å². The van der Waals surface area contributed by atoms with Gasteiger partial charge in [0.2, 0.25) is 11.8 Å². The van der Waals surface area contributed by atoms with Gasteiger partial charge in [0, 0.05) is 31.7 Å². The van der Waals surface area contributed by atoms with Crippen molar-refractivity contribution in [3.8, 4) is 0 Å². The monoisotopic (exact) mass is 350 g/mol. The molecule has 0 spiro atoms. The molecular formula is C22H26N2O2. The average molecular weight is 350 g/mol. The van der Waals surface area contributed by atoms with Crippen molar-refractivity contribution in [3.63, 3.8) is 0 Å². The Hall–Kier alpha value is -2.62. The molecule has 4 heteroatoms. The number of rotatable bonds is 5. The third kappa shape index (κ3) is 3.79. The van der Waals surface area contributed by atoms with Gasteiger partial charge in [-0.1, -0.05) is 42.5 Å². The van der Waals surface area contributed by atoms with Gasteiger partial charge in [-0.2, -0.15) is 0 Å². The van der Waals surface area contributed by atoms with E-state index in [2.05, 4.69) is 0 Å². The van der Waals surface area contributed by atoms with Crippen LogP contribution in [0.15, 0.2) is 48.5 Å². The summed E-state index contributed by atoms with van der Waals surface area (Å²) in [7, 11) is 0. The first-order valence-electron chi connectivity index (χ1n) is 9.20. The van der Waals surface area contributed by atoms with Crippen LogP contribution in [0.5, 0.6) is 0 Å². The lowest BCUT2D eigenvalue weighted by atomic mass is 10.1. The Balaban J connectivity index is 1.74. The third-order valence-electron chi connectivity index (χ3n) is 5.04. The molecule has 0 radical (unpaired) electrons. The fourth-order valence-electron chi connectivity index (χ4n) is 3.52. The molecule has 0 aliphatic carbocycles. The van der Waals surface area contributed by atoms with Crippen LogP contribution in [0, 0.1) is 19.8 Å². The van der Waals surface area contributed by atoms with Crippen molar-refractivity contribution < 1.29 is 9.59 Å². The van der Waals surface area contributed by atoms with Gasteiger partial charge in [0.15, 0.2) is 0 Å². The van der Waals surface area contributed by atoms with Crippen molar-refractivity contribution in [2.45, 2.75) is 33.7 Å². The van der Waals surface area contributed by atoms with Gasteiger partial charge >= 0.3 is 0 Å². The summed E-state index contributed by atoms with van der Waals surface area (Å²) in [5.41, 5.74) is 4.22.